The van der Waals surface area contributed by atoms with Gasteiger partial charge < -0.3 is 14.2 Å². The summed E-state index contributed by atoms with van der Waals surface area (Å²) in [6.45, 7) is 4.34. The normalized spacial score (nSPS) is 12.4. The molecule has 224 valence electrons. The molecule has 3 nitrogen and oxygen atoms in total. The first-order chi connectivity index (χ1) is 23.1. The molecule has 0 saturated carbocycles. The number of aryl methyl sites for hydroxylation is 2. The van der Waals surface area contributed by atoms with Crippen LogP contribution in [0.2, 0.25) is 0 Å². The average molecular weight is 605 g/mol. The maximum Gasteiger partial charge on any atom is 0.135 e. The van der Waals surface area contributed by atoms with Gasteiger partial charge in [-0.1, -0.05) is 91.0 Å². The third-order valence-electron chi connectivity index (χ3n) is 9.27. The van der Waals surface area contributed by atoms with E-state index in [0.29, 0.717) is 0 Å². The molecule has 1 aromatic heterocycles. The van der Waals surface area contributed by atoms with Crippen molar-refractivity contribution in [3.8, 4) is 22.3 Å². The summed E-state index contributed by atoms with van der Waals surface area (Å²) >= 11 is 0. The second-order valence-corrected chi connectivity index (χ2v) is 12.4. The van der Waals surface area contributed by atoms with Gasteiger partial charge >= 0.3 is 0 Å². The Morgan fingerprint density at radius 3 is 1.68 bits per heavy atom. The fourth-order valence-corrected chi connectivity index (χ4v) is 6.98. The maximum absolute atomic E-state index is 6.08. The summed E-state index contributed by atoms with van der Waals surface area (Å²) in [6, 6.07) is 56.7. The number of benzene rings is 7. The second-order valence-electron chi connectivity index (χ2n) is 12.4. The molecule has 0 radical (unpaired) electrons. The molecule has 0 N–H and O–H groups in total. The van der Waals surface area contributed by atoms with E-state index in [2.05, 4.69) is 169 Å². The quantitative estimate of drug-likeness (QED) is 0.199. The molecule has 0 amide bonds. The molecule has 9 rings (SSSR count). The number of hydrogen-bond donors (Lipinski definition) is 0. The van der Waals surface area contributed by atoms with Crippen LogP contribution >= 0.6 is 0 Å². The van der Waals surface area contributed by atoms with Gasteiger partial charge in [-0.25, -0.2) is 0 Å². The Bertz CT molecular complexity index is 2390. The summed E-state index contributed by atoms with van der Waals surface area (Å²) in [4.78, 5) is 4.82. The Kier molecular flexibility index (Phi) is 6.26. The van der Waals surface area contributed by atoms with Crippen molar-refractivity contribution in [3.05, 3.63) is 169 Å². The third-order valence-corrected chi connectivity index (χ3v) is 9.27. The standard InChI is InChI=1S/C44H32N2O/c1-29-15-22-39-41(25-29)46(36-12-8-11-33(27-36)31-9-4-3-5-10-31)42-26-30(2)16-23-40(42)45(39)35-20-17-32(18-21-35)34-19-24-44-38(28-34)37-13-6-7-14-43(37)47-44/h3-28H,1-2H3. The van der Waals surface area contributed by atoms with Crippen molar-refractivity contribution in [1.29, 1.82) is 0 Å². The number of hydrogen-bond acceptors (Lipinski definition) is 3. The van der Waals surface area contributed by atoms with E-state index in [0.717, 1.165) is 56.1 Å². The lowest BCUT2D eigenvalue weighted by molar-refractivity contribution is 0.669. The van der Waals surface area contributed by atoms with Gasteiger partial charge in [0.05, 0.1) is 22.7 Å². The van der Waals surface area contributed by atoms with Crippen LogP contribution in [0.4, 0.5) is 34.1 Å². The molecule has 1 aliphatic heterocycles. The number of anilines is 6. The van der Waals surface area contributed by atoms with Gasteiger partial charge in [0.25, 0.3) is 0 Å². The van der Waals surface area contributed by atoms with Gasteiger partial charge in [0.2, 0.25) is 0 Å². The molecular formula is C44H32N2O. The van der Waals surface area contributed by atoms with Gasteiger partial charge in [0, 0.05) is 22.1 Å². The van der Waals surface area contributed by atoms with E-state index in [-0.39, 0.29) is 0 Å². The Morgan fingerprint density at radius 1 is 0.362 bits per heavy atom. The predicted molar refractivity (Wildman–Crippen MR) is 197 cm³/mol. The molecule has 0 spiro atoms. The summed E-state index contributed by atoms with van der Waals surface area (Å²) < 4.78 is 6.08. The van der Waals surface area contributed by atoms with Crippen molar-refractivity contribution in [2.45, 2.75) is 13.8 Å². The minimum atomic E-state index is 0.914. The summed E-state index contributed by atoms with van der Waals surface area (Å²) in [5.74, 6) is 0. The highest BCUT2D eigenvalue weighted by molar-refractivity contribution is 6.06. The lowest BCUT2D eigenvalue weighted by atomic mass is 9.99. The van der Waals surface area contributed by atoms with Crippen LogP contribution in [0.3, 0.4) is 0 Å². The fraction of sp³-hybridized carbons (Fsp3) is 0.0455. The van der Waals surface area contributed by atoms with Crippen molar-refractivity contribution in [2.75, 3.05) is 9.80 Å². The zero-order chi connectivity index (χ0) is 31.5. The highest BCUT2D eigenvalue weighted by atomic mass is 16.3. The maximum atomic E-state index is 6.08. The van der Waals surface area contributed by atoms with Gasteiger partial charge in [0.15, 0.2) is 0 Å². The molecule has 0 fully saturated rings. The van der Waals surface area contributed by atoms with Crippen molar-refractivity contribution in [2.24, 2.45) is 0 Å². The molecule has 7 aromatic carbocycles. The van der Waals surface area contributed by atoms with E-state index >= 15 is 0 Å². The molecule has 8 aromatic rings. The van der Waals surface area contributed by atoms with E-state index in [1.807, 2.05) is 12.1 Å². The molecule has 0 unspecified atom stereocenters. The molecule has 0 aliphatic carbocycles. The van der Waals surface area contributed by atoms with E-state index in [1.165, 1.54) is 33.4 Å². The smallest absolute Gasteiger partial charge is 0.135 e. The van der Waals surface area contributed by atoms with Crippen LogP contribution < -0.4 is 9.80 Å². The van der Waals surface area contributed by atoms with Gasteiger partial charge in [0.1, 0.15) is 11.2 Å². The van der Waals surface area contributed by atoms with Crippen molar-refractivity contribution < 1.29 is 4.42 Å². The molecule has 47 heavy (non-hydrogen) atoms. The first-order valence-corrected chi connectivity index (χ1v) is 16.1. The summed E-state index contributed by atoms with van der Waals surface area (Å²) in [5, 5.41) is 2.29. The third kappa shape index (κ3) is 4.59. The van der Waals surface area contributed by atoms with E-state index in [1.54, 1.807) is 0 Å². The SMILES string of the molecule is Cc1ccc2c(c1)N(c1cccc(-c3ccccc3)c1)c1cc(C)ccc1N2c1ccc(-c2ccc3oc4ccccc4c3c2)cc1. The second kappa shape index (κ2) is 10.8. The number of para-hydroxylation sites is 1. The Hall–Kier alpha value is -6.06. The topological polar surface area (TPSA) is 19.6 Å². The average Bonchev–Trinajstić information content (AvgIpc) is 3.49. The Balaban J connectivity index is 1.16. The first-order valence-electron chi connectivity index (χ1n) is 16.1. The van der Waals surface area contributed by atoms with Crippen LogP contribution in [-0.4, -0.2) is 0 Å². The van der Waals surface area contributed by atoms with Crippen molar-refractivity contribution in [3.63, 3.8) is 0 Å². The lowest BCUT2D eigenvalue weighted by Crippen LogP contribution is -2.24. The lowest BCUT2D eigenvalue weighted by Gasteiger charge is -2.41. The molecule has 0 bridgehead atoms. The highest BCUT2D eigenvalue weighted by Gasteiger charge is 2.31. The van der Waals surface area contributed by atoms with Crippen molar-refractivity contribution >= 4 is 56.1 Å². The minimum absolute atomic E-state index is 0.914. The highest BCUT2D eigenvalue weighted by Crippen LogP contribution is 2.55. The Labute approximate surface area is 274 Å². The van der Waals surface area contributed by atoms with Crippen molar-refractivity contribution in [1.82, 2.24) is 0 Å². The zero-order valence-electron chi connectivity index (χ0n) is 26.3. The van der Waals surface area contributed by atoms with E-state index < -0.39 is 0 Å². The van der Waals surface area contributed by atoms with Gasteiger partial charge in [-0.3, -0.25) is 0 Å². The predicted octanol–water partition coefficient (Wildman–Crippen LogP) is 12.8. The van der Waals surface area contributed by atoms with Crippen LogP contribution in [0.15, 0.2) is 162 Å². The first kappa shape index (κ1) is 27.3. The number of rotatable bonds is 4. The fourth-order valence-electron chi connectivity index (χ4n) is 6.98. The van der Waals surface area contributed by atoms with Gasteiger partial charge in [-0.05, 0) is 114 Å². The minimum Gasteiger partial charge on any atom is -0.456 e. The monoisotopic (exact) mass is 604 g/mol. The molecule has 0 saturated heterocycles. The largest absolute Gasteiger partial charge is 0.456 e. The van der Waals surface area contributed by atoms with Crippen LogP contribution in [0.25, 0.3) is 44.2 Å². The van der Waals surface area contributed by atoms with Gasteiger partial charge in [-0.15, -0.1) is 0 Å². The summed E-state index contributed by atoms with van der Waals surface area (Å²) in [6.07, 6.45) is 0. The van der Waals surface area contributed by atoms with E-state index in [4.69, 9.17) is 4.42 Å². The van der Waals surface area contributed by atoms with Gasteiger partial charge in [-0.2, -0.15) is 0 Å². The van der Waals surface area contributed by atoms with Crippen LogP contribution in [-0.2, 0) is 0 Å². The molecular weight excluding hydrogens is 572 g/mol. The number of nitrogens with zero attached hydrogens (tertiary/aromatic N) is 2. The molecule has 0 atom stereocenters. The van der Waals surface area contributed by atoms with E-state index in [9.17, 15) is 0 Å². The Morgan fingerprint density at radius 2 is 0.936 bits per heavy atom. The summed E-state index contributed by atoms with van der Waals surface area (Å²) in [5.41, 5.74) is 15.9. The molecule has 2 heterocycles. The van der Waals surface area contributed by atoms with Crippen LogP contribution in [0.5, 0.6) is 0 Å². The van der Waals surface area contributed by atoms with Crippen LogP contribution in [0, 0.1) is 13.8 Å². The molecule has 3 heteroatoms. The molecule has 1 aliphatic rings. The number of furan rings is 1. The summed E-state index contributed by atoms with van der Waals surface area (Å²) in [7, 11) is 0. The zero-order valence-corrected chi connectivity index (χ0v) is 26.3. The number of fused-ring (bicyclic) bond motifs is 5. The van der Waals surface area contributed by atoms with Crippen LogP contribution in [0.1, 0.15) is 11.1 Å².